The molecule has 5 aliphatic rings. The molecular formula is C30H48O6. The summed E-state index contributed by atoms with van der Waals surface area (Å²) in [7, 11) is 0. The standard InChI is InChI=1S/C30H48O6/c1-15-11-18(26(35)36)17-9-10-29(5)19(23(17)16(15)2)7-8-22-27(3)12-21(33)25(34)28(4,14-31)24(27)20(32)13-30(22,29)6/h7,15-18,20-25,31-34H,8-14H2,1-6H3,(H,35,36)/t15-,16+,17?,18-,20-,21-,22-,23-,24-,25+,27-,28+,29-,30-/m1/s1. The fourth-order valence-corrected chi connectivity index (χ4v) is 11.2. The van der Waals surface area contributed by atoms with Gasteiger partial charge in [-0.3, -0.25) is 4.79 Å². The Kier molecular flexibility index (Phi) is 6.12. The highest BCUT2D eigenvalue weighted by atomic mass is 16.4. The number of fused-ring (bicyclic) bond motifs is 7. The van der Waals surface area contributed by atoms with Gasteiger partial charge < -0.3 is 25.5 Å². The van der Waals surface area contributed by atoms with Gasteiger partial charge in [0, 0.05) is 11.3 Å². The zero-order valence-electron chi connectivity index (χ0n) is 22.9. The highest BCUT2D eigenvalue weighted by Gasteiger charge is 2.71. The van der Waals surface area contributed by atoms with Crippen LogP contribution in [0.1, 0.15) is 80.1 Å². The Balaban J connectivity index is 1.62. The van der Waals surface area contributed by atoms with Crippen molar-refractivity contribution in [3.63, 3.8) is 0 Å². The molecule has 0 radical (unpaired) electrons. The van der Waals surface area contributed by atoms with E-state index in [-0.39, 0.29) is 47.0 Å². The third kappa shape index (κ3) is 3.14. The molecule has 204 valence electrons. The van der Waals surface area contributed by atoms with Crippen LogP contribution in [0.2, 0.25) is 0 Å². The zero-order chi connectivity index (χ0) is 26.6. The molecule has 4 fully saturated rings. The monoisotopic (exact) mass is 504 g/mol. The molecule has 0 bridgehead atoms. The van der Waals surface area contributed by atoms with Gasteiger partial charge in [0.2, 0.25) is 0 Å². The van der Waals surface area contributed by atoms with Crippen molar-refractivity contribution in [2.45, 2.75) is 98.4 Å². The summed E-state index contributed by atoms with van der Waals surface area (Å²) in [6.45, 7) is 12.9. The topological polar surface area (TPSA) is 118 Å². The number of carbonyl (C=O) groups is 1. The molecule has 0 amide bonds. The average Bonchev–Trinajstić information content (AvgIpc) is 2.79. The van der Waals surface area contributed by atoms with Crippen molar-refractivity contribution in [3.8, 4) is 0 Å². The molecule has 0 heterocycles. The van der Waals surface area contributed by atoms with Gasteiger partial charge in [0.25, 0.3) is 0 Å². The van der Waals surface area contributed by atoms with E-state index in [1.807, 2.05) is 6.92 Å². The van der Waals surface area contributed by atoms with Crippen molar-refractivity contribution in [2.75, 3.05) is 6.61 Å². The smallest absolute Gasteiger partial charge is 0.306 e. The third-order valence-electron chi connectivity index (χ3n) is 13.2. The summed E-state index contributed by atoms with van der Waals surface area (Å²) in [5.74, 6) is 0.0863. The molecule has 0 aromatic rings. The van der Waals surface area contributed by atoms with Crippen molar-refractivity contribution in [3.05, 3.63) is 11.6 Å². The first-order valence-corrected chi connectivity index (χ1v) is 14.3. The molecule has 5 aliphatic carbocycles. The number of hydrogen-bond acceptors (Lipinski definition) is 5. The lowest BCUT2D eigenvalue weighted by molar-refractivity contribution is -0.272. The van der Waals surface area contributed by atoms with Crippen molar-refractivity contribution >= 4 is 5.97 Å². The molecule has 4 saturated carbocycles. The molecule has 0 saturated heterocycles. The maximum Gasteiger partial charge on any atom is 0.306 e. The van der Waals surface area contributed by atoms with E-state index in [0.29, 0.717) is 24.7 Å². The van der Waals surface area contributed by atoms with Crippen LogP contribution in [0.25, 0.3) is 0 Å². The predicted octanol–water partition coefficient (Wildman–Crippen LogP) is 3.86. The Morgan fingerprint density at radius 1 is 1.06 bits per heavy atom. The van der Waals surface area contributed by atoms with Gasteiger partial charge in [-0.1, -0.05) is 53.2 Å². The number of carboxylic acids is 1. The molecule has 36 heavy (non-hydrogen) atoms. The Morgan fingerprint density at radius 3 is 2.33 bits per heavy atom. The highest BCUT2D eigenvalue weighted by molar-refractivity contribution is 5.71. The second-order valence-electron chi connectivity index (χ2n) is 14.6. The largest absolute Gasteiger partial charge is 0.481 e. The van der Waals surface area contributed by atoms with Crippen LogP contribution < -0.4 is 0 Å². The van der Waals surface area contributed by atoms with Gasteiger partial charge in [-0.25, -0.2) is 0 Å². The van der Waals surface area contributed by atoms with Crippen LogP contribution in [-0.4, -0.2) is 56.4 Å². The van der Waals surface area contributed by atoms with Crippen LogP contribution in [0.3, 0.4) is 0 Å². The molecular weight excluding hydrogens is 456 g/mol. The summed E-state index contributed by atoms with van der Waals surface area (Å²) in [4.78, 5) is 12.3. The molecule has 0 spiro atoms. The van der Waals surface area contributed by atoms with Crippen molar-refractivity contribution < 1.29 is 30.3 Å². The SMILES string of the molecule is C[C@H]1[C@H](C)C[C@@H](C(=O)O)C2CC[C@]3(C)C(=CC[C@@H]4[C@@]5(C)C[C@@H](O)[C@H](O)[C@@](C)(CO)[C@@H]5[C@H](O)C[C@]43C)[C@@H]21. The van der Waals surface area contributed by atoms with Crippen molar-refractivity contribution in [1.29, 1.82) is 0 Å². The lowest BCUT2D eigenvalue weighted by atomic mass is 9.33. The van der Waals surface area contributed by atoms with Gasteiger partial charge in [0.15, 0.2) is 0 Å². The Labute approximate surface area is 216 Å². The molecule has 0 aromatic carbocycles. The van der Waals surface area contributed by atoms with Crippen LogP contribution in [0.15, 0.2) is 11.6 Å². The second kappa shape index (κ2) is 8.27. The van der Waals surface area contributed by atoms with Crippen LogP contribution in [0.4, 0.5) is 0 Å². The van der Waals surface area contributed by atoms with Gasteiger partial charge in [0.05, 0.1) is 30.8 Å². The second-order valence-corrected chi connectivity index (χ2v) is 14.6. The third-order valence-corrected chi connectivity index (χ3v) is 13.2. The summed E-state index contributed by atoms with van der Waals surface area (Å²) in [6.07, 6.45) is 4.09. The quantitative estimate of drug-likeness (QED) is 0.365. The molecule has 1 unspecified atom stereocenters. The average molecular weight is 505 g/mol. The van der Waals surface area contributed by atoms with E-state index in [2.05, 4.69) is 40.7 Å². The highest BCUT2D eigenvalue weighted by Crippen LogP contribution is 2.74. The van der Waals surface area contributed by atoms with Gasteiger partial charge in [-0.05, 0) is 84.4 Å². The van der Waals surface area contributed by atoms with E-state index in [9.17, 15) is 30.3 Å². The van der Waals surface area contributed by atoms with E-state index < -0.39 is 35.1 Å². The number of aliphatic carboxylic acids is 1. The minimum absolute atomic E-state index is 0.161. The summed E-state index contributed by atoms with van der Waals surface area (Å²) < 4.78 is 0. The first-order chi connectivity index (χ1) is 16.7. The van der Waals surface area contributed by atoms with Crippen molar-refractivity contribution in [2.24, 2.45) is 63.1 Å². The zero-order valence-corrected chi connectivity index (χ0v) is 22.9. The number of aliphatic hydroxyl groups is 4. The Morgan fingerprint density at radius 2 is 1.72 bits per heavy atom. The molecule has 5 rings (SSSR count). The van der Waals surface area contributed by atoms with Gasteiger partial charge in [0.1, 0.15) is 0 Å². The van der Waals surface area contributed by atoms with E-state index in [4.69, 9.17) is 0 Å². The summed E-state index contributed by atoms with van der Waals surface area (Å²) in [5, 5.41) is 54.2. The maximum absolute atomic E-state index is 12.3. The molecule has 14 atom stereocenters. The summed E-state index contributed by atoms with van der Waals surface area (Å²) in [6, 6.07) is 0. The molecule has 5 N–H and O–H groups in total. The van der Waals surface area contributed by atoms with Crippen LogP contribution in [-0.2, 0) is 4.79 Å². The molecule has 0 aliphatic heterocycles. The Bertz CT molecular complexity index is 948. The minimum Gasteiger partial charge on any atom is -0.481 e. The molecule has 6 heteroatoms. The summed E-state index contributed by atoms with van der Waals surface area (Å²) >= 11 is 0. The van der Waals surface area contributed by atoms with Gasteiger partial charge in [-0.2, -0.15) is 0 Å². The van der Waals surface area contributed by atoms with Crippen molar-refractivity contribution in [1.82, 2.24) is 0 Å². The maximum atomic E-state index is 12.3. The van der Waals surface area contributed by atoms with Crippen LogP contribution in [0, 0.1) is 63.1 Å². The first-order valence-electron chi connectivity index (χ1n) is 14.3. The lowest BCUT2D eigenvalue weighted by Gasteiger charge is -2.72. The fraction of sp³-hybridized carbons (Fsp3) is 0.900. The molecule has 6 nitrogen and oxygen atoms in total. The predicted molar refractivity (Wildman–Crippen MR) is 137 cm³/mol. The van der Waals surface area contributed by atoms with E-state index in [1.54, 1.807) is 0 Å². The number of allylic oxidation sites excluding steroid dienone is 2. The summed E-state index contributed by atoms with van der Waals surface area (Å²) in [5.41, 5.74) is -0.406. The van der Waals surface area contributed by atoms with E-state index in [0.717, 1.165) is 25.7 Å². The minimum atomic E-state index is -1.07. The van der Waals surface area contributed by atoms with Gasteiger partial charge in [-0.15, -0.1) is 0 Å². The van der Waals surface area contributed by atoms with Gasteiger partial charge >= 0.3 is 5.97 Å². The molecule has 0 aromatic heterocycles. The van der Waals surface area contributed by atoms with E-state index >= 15 is 0 Å². The number of aliphatic hydroxyl groups excluding tert-OH is 4. The van der Waals surface area contributed by atoms with Crippen LogP contribution in [0.5, 0.6) is 0 Å². The number of hydrogen-bond donors (Lipinski definition) is 5. The Hall–Kier alpha value is -0.950. The fourth-order valence-electron chi connectivity index (χ4n) is 11.2. The lowest BCUT2D eigenvalue weighted by Crippen LogP contribution is -2.71. The number of rotatable bonds is 2. The van der Waals surface area contributed by atoms with E-state index in [1.165, 1.54) is 5.57 Å². The normalized spacial score (nSPS) is 58.6. The first kappa shape index (κ1) is 26.6. The number of carboxylic acid groups (broad SMARTS) is 1. The van der Waals surface area contributed by atoms with Crippen LogP contribution >= 0.6 is 0 Å².